The second-order valence-corrected chi connectivity index (χ2v) is 6.25. The summed E-state index contributed by atoms with van der Waals surface area (Å²) in [4.78, 5) is 23.2. The van der Waals surface area contributed by atoms with Crippen LogP contribution in [0.1, 0.15) is 47.5 Å². The first-order valence-electron chi connectivity index (χ1n) is 6.31. The fourth-order valence-corrected chi connectivity index (χ4v) is 1.36. The highest BCUT2D eigenvalue weighted by molar-refractivity contribution is 5.81. The first-order valence-corrected chi connectivity index (χ1v) is 6.31. The molecule has 0 aromatic carbocycles. The van der Waals surface area contributed by atoms with E-state index >= 15 is 0 Å². The first-order chi connectivity index (χ1) is 8.44. The van der Waals surface area contributed by atoms with Gasteiger partial charge in [0.05, 0.1) is 7.11 Å². The van der Waals surface area contributed by atoms with E-state index in [-0.39, 0.29) is 0 Å². The Hall–Kier alpha value is -1.30. The molecule has 0 aromatic heterocycles. The van der Waals surface area contributed by atoms with Crippen LogP contribution in [-0.2, 0) is 14.3 Å². The summed E-state index contributed by atoms with van der Waals surface area (Å²) in [5.41, 5.74) is 4.83. The van der Waals surface area contributed by atoms with Crippen LogP contribution >= 0.6 is 0 Å². The highest BCUT2D eigenvalue weighted by Crippen LogP contribution is 2.12. The van der Waals surface area contributed by atoms with Gasteiger partial charge in [0.15, 0.2) is 0 Å². The molecular formula is C13H26N2O4. The molecule has 1 unspecified atom stereocenters. The van der Waals surface area contributed by atoms with Crippen LogP contribution in [0, 0.1) is 0 Å². The Morgan fingerprint density at radius 2 is 1.74 bits per heavy atom. The van der Waals surface area contributed by atoms with Crippen molar-refractivity contribution in [2.75, 3.05) is 7.11 Å². The van der Waals surface area contributed by atoms with E-state index in [9.17, 15) is 9.59 Å². The molecule has 0 bridgehead atoms. The normalized spacial score (nSPS) is 13.6. The van der Waals surface area contributed by atoms with Gasteiger partial charge in [0.25, 0.3) is 0 Å². The third-order valence-electron chi connectivity index (χ3n) is 2.25. The highest BCUT2D eigenvalue weighted by atomic mass is 16.6. The summed E-state index contributed by atoms with van der Waals surface area (Å²) in [6, 6.07) is -0.748. The standard InChI is InChI=1S/C13H26N2O4/c1-12(2,3)19-11(17)15-9(10(16)18-6)7-8-13(4,5)14/h9H,7-8,14H2,1-6H3,(H,15,17). The lowest BCUT2D eigenvalue weighted by atomic mass is 9.97. The number of hydrogen-bond donors (Lipinski definition) is 2. The highest BCUT2D eigenvalue weighted by Gasteiger charge is 2.26. The zero-order valence-electron chi connectivity index (χ0n) is 12.7. The Bertz CT molecular complexity index is 316. The van der Waals surface area contributed by atoms with Gasteiger partial charge in [-0.3, -0.25) is 0 Å². The lowest BCUT2D eigenvalue weighted by Gasteiger charge is -2.24. The number of alkyl carbamates (subject to hydrolysis) is 1. The molecule has 0 aliphatic carbocycles. The smallest absolute Gasteiger partial charge is 0.408 e. The van der Waals surface area contributed by atoms with Crippen molar-refractivity contribution in [3.8, 4) is 0 Å². The molecule has 112 valence electrons. The molecule has 0 spiro atoms. The van der Waals surface area contributed by atoms with Gasteiger partial charge in [-0.15, -0.1) is 0 Å². The predicted octanol–water partition coefficient (Wildman–Crippen LogP) is 1.57. The van der Waals surface area contributed by atoms with Gasteiger partial charge < -0.3 is 20.5 Å². The van der Waals surface area contributed by atoms with Crippen molar-refractivity contribution in [3.05, 3.63) is 0 Å². The molecule has 0 aromatic rings. The molecule has 0 heterocycles. The second-order valence-electron chi connectivity index (χ2n) is 6.25. The molecule has 19 heavy (non-hydrogen) atoms. The molecule has 1 amide bonds. The van der Waals surface area contributed by atoms with Gasteiger partial charge in [0, 0.05) is 5.54 Å². The van der Waals surface area contributed by atoms with Crippen molar-refractivity contribution in [2.45, 2.75) is 64.6 Å². The van der Waals surface area contributed by atoms with Crippen molar-refractivity contribution >= 4 is 12.1 Å². The molecule has 0 rings (SSSR count). The number of methoxy groups -OCH3 is 1. The van der Waals surface area contributed by atoms with E-state index in [4.69, 9.17) is 10.5 Å². The van der Waals surface area contributed by atoms with Crippen LogP contribution < -0.4 is 11.1 Å². The number of amides is 1. The summed E-state index contributed by atoms with van der Waals surface area (Å²) in [7, 11) is 1.28. The Morgan fingerprint density at radius 3 is 2.11 bits per heavy atom. The summed E-state index contributed by atoms with van der Waals surface area (Å²) in [5, 5.41) is 2.51. The lowest BCUT2D eigenvalue weighted by Crippen LogP contribution is -2.45. The second kappa shape index (κ2) is 6.75. The molecule has 3 N–H and O–H groups in total. The number of nitrogens with one attached hydrogen (secondary N) is 1. The molecule has 6 nitrogen and oxygen atoms in total. The minimum absolute atomic E-state index is 0.398. The molecular weight excluding hydrogens is 248 g/mol. The van der Waals surface area contributed by atoms with Crippen molar-refractivity contribution in [1.82, 2.24) is 5.32 Å². The number of hydrogen-bond acceptors (Lipinski definition) is 5. The summed E-state index contributed by atoms with van der Waals surface area (Å²) in [6.45, 7) is 8.97. The van der Waals surface area contributed by atoms with Crippen molar-refractivity contribution < 1.29 is 19.1 Å². The van der Waals surface area contributed by atoms with Gasteiger partial charge in [-0.1, -0.05) is 0 Å². The third kappa shape index (κ3) is 9.30. The maximum atomic E-state index is 11.6. The Balaban J connectivity index is 4.52. The summed E-state index contributed by atoms with van der Waals surface area (Å²) >= 11 is 0. The quantitative estimate of drug-likeness (QED) is 0.743. The number of esters is 1. The number of nitrogens with two attached hydrogens (primary N) is 1. The number of rotatable bonds is 5. The zero-order valence-corrected chi connectivity index (χ0v) is 12.7. The van der Waals surface area contributed by atoms with E-state index in [2.05, 4.69) is 10.1 Å². The first kappa shape index (κ1) is 17.7. The van der Waals surface area contributed by atoms with E-state index in [1.165, 1.54) is 7.11 Å². The minimum Gasteiger partial charge on any atom is -0.467 e. The van der Waals surface area contributed by atoms with E-state index in [1.807, 2.05) is 13.8 Å². The maximum absolute atomic E-state index is 11.6. The molecule has 0 saturated carbocycles. The SMILES string of the molecule is COC(=O)C(CCC(C)(C)N)NC(=O)OC(C)(C)C. The summed E-state index contributed by atoms with van der Waals surface area (Å²) in [5.74, 6) is -0.505. The van der Waals surface area contributed by atoms with Gasteiger partial charge in [0.2, 0.25) is 0 Å². The van der Waals surface area contributed by atoms with Crippen LogP contribution in [0.2, 0.25) is 0 Å². The molecule has 0 radical (unpaired) electrons. The van der Waals surface area contributed by atoms with Gasteiger partial charge in [-0.05, 0) is 47.5 Å². The van der Waals surface area contributed by atoms with Crippen LogP contribution in [0.15, 0.2) is 0 Å². The van der Waals surface area contributed by atoms with Gasteiger partial charge in [-0.2, -0.15) is 0 Å². The molecule has 0 saturated heterocycles. The number of ether oxygens (including phenoxy) is 2. The summed E-state index contributed by atoms with van der Waals surface area (Å²) < 4.78 is 9.76. The average Bonchev–Trinajstić information content (AvgIpc) is 2.19. The van der Waals surface area contributed by atoms with Crippen LogP contribution in [-0.4, -0.2) is 36.4 Å². The van der Waals surface area contributed by atoms with E-state index < -0.39 is 29.2 Å². The fraction of sp³-hybridized carbons (Fsp3) is 0.846. The molecule has 0 aliphatic heterocycles. The maximum Gasteiger partial charge on any atom is 0.408 e. The minimum atomic E-state index is -0.748. The Labute approximate surface area is 115 Å². The van der Waals surface area contributed by atoms with Crippen LogP contribution in [0.3, 0.4) is 0 Å². The van der Waals surface area contributed by atoms with E-state index in [0.29, 0.717) is 12.8 Å². The molecule has 6 heteroatoms. The van der Waals surface area contributed by atoms with Crippen LogP contribution in [0.25, 0.3) is 0 Å². The van der Waals surface area contributed by atoms with Gasteiger partial charge in [0.1, 0.15) is 11.6 Å². The Kier molecular flexibility index (Phi) is 6.29. The predicted molar refractivity (Wildman–Crippen MR) is 72.7 cm³/mol. The third-order valence-corrected chi connectivity index (χ3v) is 2.25. The molecule has 0 fully saturated rings. The molecule has 1 atom stereocenters. The average molecular weight is 274 g/mol. The van der Waals surface area contributed by atoms with Crippen molar-refractivity contribution in [1.29, 1.82) is 0 Å². The van der Waals surface area contributed by atoms with Crippen molar-refractivity contribution in [2.24, 2.45) is 5.73 Å². The summed E-state index contributed by atoms with van der Waals surface area (Å²) in [6.07, 6.45) is 0.329. The van der Waals surface area contributed by atoms with Gasteiger partial charge in [-0.25, -0.2) is 9.59 Å². The van der Waals surface area contributed by atoms with Crippen molar-refractivity contribution in [3.63, 3.8) is 0 Å². The Morgan fingerprint density at radius 1 is 1.21 bits per heavy atom. The zero-order chi connectivity index (χ0) is 15.3. The number of carbonyl (C=O) groups excluding carboxylic acids is 2. The number of carbonyl (C=O) groups is 2. The fourth-order valence-electron chi connectivity index (χ4n) is 1.36. The topological polar surface area (TPSA) is 90.6 Å². The molecule has 0 aliphatic rings. The van der Waals surface area contributed by atoms with Crippen LogP contribution in [0.5, 0.6) is 0 Å². The lowest BCUT2D eigenvalue weighted by molar-refractivity contribution is -0.143. The monoisotopic (exact) mass is 274 g/mol. The van der Waals surface area contributed by atoms with Gasteiger partial charge >= 0.3 is 12.1 Å². The van der Waals surface area contributed by atoms with Crippen LogP contribution in [0.4, 0.5) is 4.79 Å². The van der Waals surface area contributed by atoms with E-state index in [0.717, 1.165) is 0 Å². The largest absolute Gasteiger partial charge is 0.467 e. The van der Waals surface area contributed by atoms with E-state index in [1.54, 1.807) is 20.8 Å².